The quantitative estimate of drug-likeness (QED) is 0.788. The molecule has 0 amide bonds. The van der Waals surface area contributed by atoms with Gasteiger partial charge in [0, 0.05) is 36.4 Å². The van der Waals surface area contributed by atoms with E-state index in [1.807, 2.05) is 18.3 Å². The summed E-state index contributed by atoms with van der Waals surface area (Å²) >= 11 is 0. The summed E-state index contributed by atoms with van der Waals surface area (Å²) in [6.45, 7) is 8.27. The van der Waals surface area contributed by atoms with E-state index in [4.69, 9.17) is 0 Å². The molecule has 3 heteroatoms. The summed E-state index contributed by atoms with van der Waals surface area (Å²) in [5.41, 5.74) is 3.75. The first-order chi connectivity index (χ1) is 10.5. The third-order valence-electron chi connectivity index (χ3n) is 3.72. The molecule has 3 aromatic rings. The Labute approximate surface area is 132 Å². The van der Waals surface area contributed by atoms with Crippen molar-refractivity contribution >= 4 is 11.0 Å². The van der Waals surface area contributed by atoms with Crippen LogP contribution in [0.15, 0.2) is 54.9 Å². The second kappa shape index (κ2) is 5.93. The summed E-state index contributed by atoms with van der Waals surface area (Å²) in [6, 6.07) is 14.7. The molecule has 0 unspecified atom stereocenters. The van der Waals surface area contributed by atoms with E-state index < -0.39 is 0 Å². The molecule has 0 saturated carbocycles. The topological polar surface area (TPSA) is 29.9 Å². The second-order valence-electron chi connectivity index (χ2n) is 6.75. The smallest absolute Gasteiger partial charge is 0.140 e. The van der Waals surface area contributed by atoms with Gasteiger partial charge in [0.05, 0.1) is 0 Å². The molecule has 2 heterocycles. The molecule has 0 bridgehead atoms. The van der Waals surface area contributed by atoms with Gasteiger partial charge in [-0.1, -0.05) is 30.3 Å². The lowest BCUT2D eigenvalue weighted by Crippen LogP contribution is -2.34. The molecule has 0 fully saturated rings. The fraction of sp³-hybridized carbons (Fsp3) is 0.316. The van der Waals surface area contributed by atoms with E-state index in [2.05, 4.69) is 72.2 Å². The molecule has 1 aromatic carbocycles. The summed E-state index contributed by atoms with van der Waals surface area (Å²) in [5, 5.41) is 4.80. The minimum Gasteiger partial charge on any atom is -0.328 e. The molecule has 0 saturated heterocycles. The summed E-state index contributed by atoms with van der Waals surface area (Å²) in [6.07, 6.45) is 4.09. The predicted molar refractivity (Wildman–Crippen MR) is 91.9 cm³/mol. The summed E-state index contributed by atoms with van der Waals surface area (Å²) < 4.78 is 2.24. The van der Waals surface area contributed by atoms with Gasteiger partial charge in [-0.05, 0) is 44.0 Å². The zero-order chi connectivity index (χ0) is 15.6. The first-order valence-electron chi connectivity index (χ1n) is 7.75. The average molecular weight is 293 g/mol. The van der Waals surface area contributed by atoms with Crippen LogP contribution in [-0.4, -0.2) is 15.1 Å². The van der Waals surface area contributed by atoms with Crippen molar-refractivity contribution in [1.82, 2.24) is 14.9 Å². The molecule has 0 atom stereocenters. The van der Waals surface area contributed by atoms with Crippen LogP contribution in [0.3, 0.4) is 0 Å². The van der Waals surface area contributed by atoms with E-state index >= 15 is 0 Å². The van der Waals surface area contributed by atoms with Gasteiger partial charge in [-0.25, -0.2) is 4.98 Å². The van der Waals surface area contributed by atoms with Gasteiger partial charge in [0.25, 0.3) is 0 Å². The van der Waals surface area contributed by atoms with Crippen LogP contribution >= 0.6 is 0 Å². The van der Waals surface area contributed by atoms with Crippen LogP contribution in [-0.2, 0) is 13.1 Å². The molecule has 0 aliphatic rings. The molecule has 0 aliphatic carbocycles. The Kier molecular flexibility index (Phi) is 3.99. The molecule has 114 valence electrons. The van der Waals surface area contributed by atoms with Gasteiger partial charge in [0.2, 0.25) is 0 Å². The van der Waals surface area contributed by atoms with Crippen LogP contribution in [0.5, 0.6) is 0 Å². The van der Waals surface area contributed by atoms with E-state index in [0.717, 1.165) is 18.7 Å². The SMILES string of the molecule is CC(C)(C)NCc1cn(Cc2ccccc2)c2ncccc12. The maximum atomic E-state index is 4.58. The Morgan fingerprint density at radius 1 is 1.05 bits per heavy atom. The largest absolute Gasteiger partial charge is 0.328 e. The maximum Gasteiger partial charge on any atom is 0.140 e. The lowest BCUT2D eigenvalue weighted by Gasteiger charge is -2.20. The Balaban J connectivity index is 1.94. The van der Waals surface area contributed by atoms with Crippen molar-refractivity contribution in [1.29, 1.82) is 0 Å². The van der Waals surface area contributed by atoms with E-state index in [1.165, 1.54) is 16.5 Å². The standard InChI is InChI=1S/C19H23N3/c1-19(2,3)21-12-16-14-22(13-15-8-5-4-6-9-15)18-17(16)10-7-11-20-18/h4-11,14,21H,12-13H2,1-3H3. The number of benzene rings is 1. The van der Waals surface area contributed by atoms with Gasteiger partial charge in [-0.3, -0.25) is 0 Å². The number of aromatic nitrogens is 2. The van der Waals surface area contributed by atoms with Gasteiger partial charge >= 0.3 is 0 Å². The van der Waals surface area contributed by atoms with Crippen LogP contribution in [0.4, 0.5) is 0 Å². The van der Waals surface area contributed by atoms with Gasteiger partial charge < -0.3 is 9.88 Å². The molecule has 0 aliphatic heterocycles. The fourth-order valence-electron chi connectivity index (χ4n) is 2.60. The van der Waals surface area contributed by atoms with E-state index in [0.29, 0.717) is 0 Å². The van der Waals surface area contributed by atoms with Gasteiger partial charge in [-0.2, -0.15) is 0 Å². The number of fused-ring (bicyclic) bond motifs is 1. The average Bonchev–Trinajstić information content (AvgIpc) is 2.84. The number of pyridine rings is 1. The number of nitrogens with one attached hydrogen (secondary N) is 1. The highest BCUT2D eigenvalue weighted by atomic mass is 15.0. The monoisotopic (exact) mass is 293 g/mol. The van der Waals surface area contributed by atoms with Crippen molar-refractivity contribution in [3.05, 3.63) is 66.0 Å². The number of hydrogen-bond acceptors (Lipinski definition) is 2. The molecule has 22 heavy (non-hydrogen) atoms. The minimum absolute atomic E-state index is 0.107. The normalized spacial score (nSPS) is 12.0. The molecule has 2 aromatic heterocycles. The lowest BCUT2D eigenvalue weighted by atomic mass is 10.1. The van der Waals surface area contributed by atoms with Crippen LogP contribution < -0.4 is 5.32 Å². The first-order valence-corrected chi connectivity index (χ1v) is 7.75. The molecular weight excluding hydrogens is 270 g/mol. The highest BCUT2D eigenvalue weighted by Gasteiger charge is 2.13. The summed E-state index contributed by atoms with van der Waals surface area (Å²) in [4.78, 5) is 4.58. The van der Waals surface area contributed by atoms with Crippen LogP contribution in [0.25, 0.3) is 11.0 Å². The second-order valence-corrected chi connectivity index (χ2v) is 6.75. The zero-order valence-corrected chi connectivity index (χ0v) is 13.5. The minimum atomic E-state index is 0.107. The zero-order valence-electron chi connectivity index (χ0n) is 13.5. The van der Waals surface area contributed by atoms with E-state index in [-0.39, 0.29) is 5.54 Å². The highest BCUT2D eigenvalue weighted by Crippen LogP contribution is 2.21. The van der Waals surface area contributed by atoms with Crippen molar-refractivity contribution in [2.75, 3.05) is 0 Å². The lowest BCUT2D eigenvalue weighted by molar-refractivity contribution is 0.425. The third-order valence-corrected chi connectivity index (χ3v) is 3.72. The molecule has 1 N–H and O–H groups in total. The van der Waals surface area contributed by atoms with Crippen molar-refractivity contribution in [2.24, 2.45) is 0 Å². The van der Waals surface area contributed by atoms with Crippen LogP contribution in [0.1, 0.15) is 31.9 Å². The highest BCUT2D eigenvalue weighted by molar-refractivity contribution is 5.80. The fourth-order valence-corrected chi connectivity index (χ4v) is 2.60. The van der Waals surface area contributed by atoms with Crippen molar-refractivity contribution in [2.45, 2.75) is 39.4 Å². The van der Waals surface area contributed by atoms with Crippen molar-refractivity contribution in [3.63, 3.8) is 0 Å². The Morgan fingerprint density at radius 3 is 2.55 bits per heavy atom. The third kappa shape index (κ3) is 3.37. The molecule has 3 nitrogen and oxygen atoms in total. The van der Waals surface area contributed by atoms with Crippen LogP contribution in [0, 0.1) is 0 Å². The van der Waals surface area contributed by atoms with E-state index in [9.17, 15) is 0 Å². The summed E-state index contributed by atoms with van der Waals surface area (Å²) in [7, 11) is 0. The summed E-state index contributed by atoms with van der Waals surface area (Å²) in [5.74, 6) is 0. The Hall–Kier alpha value is -2.13. The number of rotatable bonds is 4. The first kappa shape index (κ1) is 14.8. The maximum absolute atomic E-state index is 4.58. The molecular formula is C19H23N3. The van der Waals surface area contributed by atoms with Gasteiger partial charge in [0.15, 0.2) is 0 Å². The van der Waals surface area contributed by atoms with Gasteiger partial charge in [0.1, 0.15) is 5.65 Å². The van der Waals surface area contributed by atoms with Gasteiger partial charge in [-0.15, -0.1) is 0 Å². The predicted octanol–water partition coefficient (Wildman–Crippen LogP) is 3.97. The molecule has 0 spiro atoms. The van der Waals surface area contributed by atoms with Crippen LogP contribution in [0.2, 0.25) is 0 Å². The molecule has 3 rings (SSSR count). The van der Waals surface area contributed by atoms with Crippen molar-refractivity contribution in [3.8, 4) is 0 Å². The number of nitrogens with zero attached hydrogens (tertiary/aromatic N) is 2. The Bertz CT molecular complexity index is 751. The Morgan fingerprint density at radius 2 is 1.82 bits per heavy atom. The molecule has 0 radical (unpaired) electrons. The van der Waals surface area contributed by atoms with Crippen molar-refractivity contribution < 1.29 is 0 Å². The van der Waals surface area contributed by atoms with E-state index in [1.54, 1.807) is 0 Å². The number of hydrogen-bond donors (Lipinski definition) is 1.